The van der Waals surface area contributed by atoms with Crippen LogP contribution in [0.4, 0.5) is 0 Å². The second kappa shape index (κ2) is 7.06. The molecule has 1 fully saturated rings. The van der Waals surface area contributed by atoms with Crippen LogP contribution in [0.1, 0.15) is 22.3 Å². The molecule has 0 bridgehead atoms. The lowest BCUT2D eigenvalue weighted by Gasteiger charge is -2.33. The van der Waals surface area contributed by atoms with Crippen molar-refractivity contribution in [3.63, 3.8) is 0 Å². The molecule has 142 valence electrons. The molecule has 5 heteroatoms. The third-order valence-electron chi connectivity index (χ3n) is 5.81. The zero-order chi connectivity index (χ0) is 19.1. The van der Waals surface area contributed by atoms with Gasteiger partial charge >= 0.3 is 0 Å². The van der Waals surface area contributed by atoms with E-state index in [4.69, 9.17) is 4.98 Å². The SMILES string of the molecule is Cc1cc(CN2CCN(C)CC2)c(C)c(-c2cc(C)c3c(cnn3C)n2)c1. The molecule has 0 saturated carbocycles. The first-order valence-electron chi connectivity index (χ1n) is 9.73. The van der Waals surface area contributed by atoms with E-state index in [1.54, 1.807) is 0 Å². The summed E-state index contributed by atoms with van der Waals surface area (Å²) < 4.78 is 1.91. The molecule has 2 aromatic heterocycles. The summed E-state index contributed by atoms with van der Waals surface area (Å²) in [6.45, 7) is 12.2. The van der Waals surface area contributed by atoms with Crippen LogP contribution in [0.25, 0.3) is 22.3 Å². The Labute approximate surface area is 161 Å². The Morgan fingerprint density at radius 1 is 0.963 bits per heavy atom. The van der Waals surface area contributed by atoms with Crippen molar-refractivity contribution < 1.29 is 0 Å². The maximum Gasteiger partial charge on any atom is 0.109 e. The quantitative estimate of drug-likeness (QED) is 0.715. The van der Waals surface area contributed by atoms with Crippen LogP contribution in [0.2, 0.25) is 0 Å². The van der Waals surface area contributed by atoms with E-state index in [-0.39, 0.29) is 0 Å². The fourth-order valence-corrected chi connectivity index (χ4v) is 4.15. The number of aryl methyl sites for hydroxylation is 3. The van der Waals surface area contributed by atoms with Crippen LogP contribution < -0.4 is 0 Å². The molecule has 4 rings (SSSR count). The van der Waals surface area contributed by atoms with Crippen LogP contribution in [-0.2, 0) is 13.6 Å². The number of benzene rings is 1. The van der Waals surface area contributed by atoms with Gasteiger partial charge < -0.3 is 4.90 Å². The summed E-state index contributed by atoms with van der Waals surface area (Å²) in [5, 5.41) is 4.38. The van der Waals surface area contributed by atoms with Gasteiger partial charge in [-0.1, -0.05) is 11.6 Å². The minimum atomic E-state index is 0.967. The highest BCUT2D eigenvalue weighted by Crippen LogP contribution is 2.30. The molecule has 3 aromatic rings. The summed E-state index contributed by atoms with van der Waals surface area (Å²) >= 11 is 0. The van der Waals surface area contributed by atoms with E-state index in [2.05, 4.69) is 60.9 Å². The Hall–Kier alpha value is -2.24. The van der Waals surface area contributed by atoms with Gasteiger partial charge in [-0.3, -0.25) is 9.58 Å². The van der Waals surface area contributed by atoms with Gasteiger partial charge in [0.25, 0.3) is 0 Å². The lowest BCUT2D eigenvalue weighted by Crippen LogP contribution is -2.44. The number of rotatable bonds is 3. The van der Waals surface area contributed by atoms with Crippen molar-refractivity contribution in [2.24, 2.45) is 7.05 Å². The molecule has 1 saturated heterocycles. The minimum Gasteiger partial charge on any atom is -0.304 e. The summed E-state index contributed by atoms with van der Waals surface area (Å²) in [6, 6.07) is 6.81. The lowest BCUT2D eigenvalue weighted by atomic mass is 9.95. The number of hydrogen-bond acceptors (Lipinski definition) is 4. The van der Waals surface area contributed by atoms with Crippen molar-refractivity contribution in [2.45, 2.75) is 27.3 Å². The van der Waals surface area contributed by atoms with Crippen molar-refractivity contribution in [1.29, 1.82) is 0 Å². The van der Waals surface area contributed by atoms with Crippen molar-refractivity contribution in [2.75, 3.05) is 33.2 Å². The highest BCUT2D eigenvalue weighted by Gasteiger charge is 2.17. The summed E-state index contributed by atoms with van der Waals surface area (Å²) in [6.07, 6.45) is 1.86. The highest BCUT2D eigenvalue weighted by molar-refractivity contribution is 5.82. The van der Waals surface area contributed by atoms with Gasteiger partial charge in [0.2, 0.25) is 0 Å². The normalized spacial score (nSPS) is 16.3. The van der Waals surface area contributed by atoms with Crippen molar-refractivity contribution >= 4 is 11.0 Å². The second-order valence-electron chi connectivity index (χ2n) is 8.00. The number of likely N-dealkylation sites (N-methyl/N-ethyl adjacent to an activating group) is 1. The van der Waals surface area contributed by atoms with E-state index in [1.807, 2.05) is 17.9 Å². The Bertz CT molecular complexity index is 980. The molecule has 5 nitrogen and oxygen atoms in total. The van der Waals surface area contributed by atoms with Gasteiger partial charge in [0.15, 0.2) is 0 Å². The van der Waals surface area contributed by atoms with Crippen LogP contribution in [0.5, 0.6) is 0 Å². The van der Waals surface area contributed by atoms with Crippen LogP contribution >= 0.6 is 0 Å². The smallest absolute Gasteiger partial charge is 0.109 e. The van der Waals surface area contributed by atoms with Gasteiger partial charge in [-0.15, -0.1) is 0 Å². The Morgan fingerprint density at radius 2 is 1.70 bits per heavy atom. The molecule has 3 heterocycles. The van der Waals surface area contributed by atoms with Gasteiger partial charge in [-0.2, -0.15) is 5.10 Å². The third kappa shape index (κ3) is 3.49. The molecule has 0 radical (unpaired) electrons. The fraction of sp³-hybridized carbons (Fsp3) is 0.455. The maximum atomic E-state index is 4.92. The molecule has 0 atom stereocenters. The molecule has 1 aliphatic heterocycles. The van der Waals surface area contributed by atoms with Crippen LogP contribution in [0.3, 0.4) is 0 Å². The molecule has 0 unspecified atom stereocenters. The standard InChI is InChI=1S/C22H29N5/c1-15-10-18(14-27-8-6-25(4)7-9-27)17(3)19(11-15)20-12-16(2)22-21(24-20)13-23-26(22)5/h10-13H,6-9,14H2,1-5H3. The molecule has 0 aliphatic carbocycles. The maximum absolute atomic E-state index is 4.92. The van der Waals surface area contributed by atoms with Crippen LogP contribution in [0, 0.1) is 20.8 Å². The summed E-state index contributed by atoms with van der Waals surface area (Å²) in [7, 11) is 4.18. The van der Waals surface area contributed by atoms with E-state index in [9.17, 15) is 0 Å². The van der Waals surface area contributed by atoms with E-state index in [0.29, 0.717) is 0 Å². The Balaban J connectivity index is 1.72. The van der Waals surface area contributed by atoms with Crippen molar-refractivity contribution in [1.82, 2.24) is 24.6 Å². The van der Waals surface area contributed by atoms with Gasteiger partial charge in [0.05, 0.1) is 17.4 Å². The molecule has 0 spiro atoms. The van der Waals surface area contributed by atoms with Gasteiger partial charge in [0.1, 0.15) is 5.52 Å². The van der Waals surface area contributed by atoms with E-state index >= 15 is 0 Å². The summed E-state index contributed by atoms with van der Waals surface area (Å²) in [5.41, 5.74) is 9.65. The number of piperazine rings is 1. The first-order chi connectivity index (χ1) is 12.9. The van der Waals surface area contributed by atoms with Crippen molar-refractivity contribution in [3.8, 4) is 11.3 Å². The summed E-state index contributed by atoms with van der Waals surface area (Å²) in [5.74, 6) is 0. The predicted molar refractivity (Wildman–Crippen MR) is 111 cm³/mol. The zero-order valence-corrected chi connectivity index (χ0v) is 17.1. The average molecular weight is 364 g/mol. The van der Waals surface area contributed by atoms with Crippen LogP contribution in [0.15, 0.2) is 24.4 Å². The first-order valence-corrected chi connectivity index (χ1v) is 9.73. The largest absolute Gasteiger partial charge is 0.304 e. The molecule has 0 amide bonds. The zero-order valence-electron chi connectivity index (χ0n) is 17.1. The molecular weight excluding hydrogens is 334 g/mol. The topological polar surface area (TPSA) is 37.2 Å². The highest BCUT2D eigenvalue weighted by atomic mass is 15.3. The Morgan fingerprint density at radius 3 is 2.44 bits per heavy atom. The number of nitrogens with zero attached hydrogens (tertiary/aromatic N) is 5. The number of fused-ring (bicyclic) bond motifs is 1. The Kier molecular flexibility index (Phi) is 4.74. The molecule has 1 aliphatic rings. The minimum absolute atomic E-state index is 0.967. The number of pyridine rings is 1. The monoisotopic (exact) mass is 363 g/mol. The molecular formula is C22H29N5. The number of hydrogen-bond donors (Lipinski definition) is 0. The third-order valence-corrected chi connectivity index (χ3v) is 5.81. The van der Waals surface area contributed by atoms with Crippen molar-refractivity contribution in [3.05, 3.63) is 46.6 Å². The fourth-order valence-electron chi connectivity index (χ4n) is 4.15. The van der Waals surface area contributed by atoms with E-state index in [0.717, 1.165) is 49.5 Å². The lowest BCUT2D eigenvalue weighted by molar-refractivity contribution is 0.148. The molecule has 0 N–H and O–H groups in total. The van der Waals surface area contributed by atoms with Gasteiger partial charge in [0, 0.05) is 45.3 Å². The second-order valence-corrected chi connectivity index (χ2v) is 8.00. The van der Waals surface area contributed by atoms with Gasteiger partial charge in [-0.25, -0.2) is 4.98 Å². The molecule has 1 aromatic carbocycles. The predicted octanol–water partition coefficient (Wildman–Crippen LogP) is 3.31. The summed E-state index contributed by atoms with van der Waals surface area (Å²) in [4.78, 5) is 9.89. The molecule has 27 heavy (non-hydrogen) atoms. The van der Waals surface area contributed by atoms with E-state index in [1.165, 1.54) is 27.8 Å². The van der Waals surface area contributed by atoms with E-state index < -0.39 is 0 Å². The number of aromatic nitrogens is 3. The van der Waals surface area contributed by atoms with Crippen LogP contribution in [-0.4, -0.2) is 57.8 Å². The van der Waals surface area contributed by atoms with Gasteiger partial charge in [-0.05, 0) is 56.6 Å². The first kappa shape index (κ1) is 18.1. The average Bonchev–Trinajstić information content (AvgIpc) is 3.01.